The van der Waals surface area contributed by atoms with Crippen molar-refractivity contribution in [2.24, 2.45) is 0 Å². The van der Waals surface area contributed by atoms with Crippen LogP contribution in [0.3, 0.4) is 0 Å². The summed E-state index contributed by atoms with van der Waals surface area (Å²) in [5.74, 6) is 1.02. The predicted octanol–water partition coefficient (Wildman–Crippen LogP) is 1.47. The van der Waals surface area contributed by atoms with Gasteiger partial charge in [-0.05, 0) is 19.1 Å². The van der Waals surface area contributed by atoms with Gasteiger partial charge in [-0.25, -0.2) is 0 Å². The minimum Gasteiger partial charge on any atom is -0.487 e. The summed E-state index contributed by atoms with van der Waals surface area (Å²) in [6.07, 6.45) is -0.661. The number of fused-ring (bicyclic) bond motifs is 1. The monoisotopic (exact) mass is 310 g/mol. The molecule has 0 aromatic heterocycles. The van der Waals surface area contributed by atoms with E-state index in [9.17, 15) is 4.79 Å². The summed E-state index contributed by atoms with van der Waals surface area (Å²) in [5, 5.41) is 0. The Kier molecular flexibility index (Phi) is 7.15. The lowest BCUT2D eigenvalue weighted by molar-refractivity contribution is -0.126. The maximum Gasteiger partial charge on any atom is 0.180 e. The van der Waals surface area contributed by atoms with E-state index in [2.05, 4.69) is 0 Å². The fourth-order valence-electron chi connectivity index (χ4n) is 1.90. The maximum absolute atomic E-state index is 11.7. The molecule has 2 rings (SSSR count). The van der Waals surface area contributed by atoms with Crippen LogP contribution in [-0.2, 0) is 19.0 Å². The fourth-order valence-corrected chi connectivity index (χ4v) is 1.90. The van der Waals surface area contributed by atoms with E-state index in [1.807, 2.05) is 12.1 Å². The highest BCUT2D eigenvalue weighted by Crippen LogP contribution is 2.27. The molecule has 6 heteroatoms. The highest BCUT2D eigenvalue weighted by Gasteiger charge is 2.18. The van der Waals surface area contributed by atoms with Crippen molar-refractivity contribution >= 4 is 5.78 Å². The van der Waals surface area contributed by atoms with Gasteiger partial charge in [0.2, 0.25) is 0 Å². The Morgan fingerprint density at radius 2 is 1.50 bits per heavy atom. The van der Waals surface area contributed by atoms with Gasteiger partial charge in [-0.3, -0.25) is 4.79 Å². The summed E-state index contributed by atoms with van der Waals surface area (Å²) in [5.41, 5.74) is 0. The maximum atomic E-state index is 11.7. The number of benzene rings is 1. The number of rotatable bonds is 1. The first-order chi connectivity index (χ1) is 10.8. The highest BCUT2D eigenvalue weighted by molar-refractivity contribution is 5.81. The molecule has 0 saturated carbocycles. The van der Waals surface area contributed by atoms with Crippen LogP contribution in [0, 0.1) is 0 Å². The van der Waals surface area contributed by atoms with Crippen molar-refractivity contribution < 1.29 is 28.5 Å². The van der Waals surface area contributed by atoms with Crippen molar-refractivity contribution in [1.29, 1.82) is 0 Å². The Morgan fingerprint density at radius 1 is 0.909 bits per heavy atom. The highest BCUT2D eigenvalue weighted by atomic mass is 16.6. The Hall–Kier alpha value is -1.63. The molecule has 22 heavy (non-hydrogen) atoms. The Morgan fingerprint density at radius 3 is 2.18 bits per heavy atom. The van der Waals surface area contributed by atoms with E-state index >= 15 is 0 Å². The second kappa shape index (κ2) is 9.40. The number of hydrogen-bond donors (Lipinski definition) is 0. The van der Waals surface area contributed by atoms with Gasteiger partial charge >= 0.3 is 0 Å². The molecule has 0 N–H and O–H groups in total. The number of Topliss-reactive ketones (excluding diaryl/α,β-unsaturated/α-hetero) is 1. The zero-order chi connectivity index (χ0) is 15.6. The zero-order valence-electron chi connectivity index (χ0n) is 12.8. The molecule has 0 bridgehead atoms. The molecule has 122 valence electrons. The van der Waals surface area contributed by atoms with Gasteiger partial charge in [0.15, 0.2) is 23.4 Å². The minimum atomic E-state index is -0.661. The summed E-state index contributed by atoms with van der Waals surface area (Å²) in [6, 6.07) is 7.25. The molecule has 1 aliphatic heterocycles. The van der Waals surface area contributed by atoms with Crippen LogP contribution in [0.1, 0.15) is 6.92 Å². The number of para-hydroxylation sites is 2. The van der Waals surface area contributed by atoms with Crippen molar-refractivity contribution in [2.45, 2.75) is 13.0 Å². The van der Waals surface area contributed by atoms with Crippen LogP contribution in [0.2, 0.25) is 0 Å². The molecular formula is C16H22O6. The molecule has 0 saturated heterocycles. The summed E-state index contributed by atoms with van der Waals surface area (Å²) < 4.78 is 27.6. The fraction of sp³-hybridized carbons (Fsp3) is 0.562. The Balaban J connectivity index is 2.05. The largest absolute Gasteiger partial charge is 0.487 e. The van der Waals surface area contributed by atoms with E-state index < -0.39 is 6.10 Å². The van der Waals surface area contributed by atoms with Crippen molar-refractivity contribution in [3.05, 3.63) is 24.3 Å². The van der Waals surface area contributed by atoms with E-state index in [0.717, 1.165) is 0 Å². The smallest absolute Gasteiger partial charge is 0.180 e. The summed E-state index contributed by atoms with van der Waals surface area (Å²) >= 11 is 0. The zero-order valence-corrected chi connectivity index (χ0v) is 12.8. The molecule has 6 nitrogen and oxygen atoms in total. The van der Waals surface area contributed by atoms with Gasteiger partial charge in [0.1, 0.15) is 6.61 Å². The van der Waals surface area contributed by atoms with Gasteiger partial charge in [-0.1, -0.05) is 12.1 Å². The number of ether oxygens (including phenoxy) is 5. The van der Waals surface area contributed by atoms with Gasteiger partial charge in [0.25, 0.3) is 0 Å². The van der Waals surface area contributed by atoms with Crippen LogP contribution >= 0.6 is 0 Å². The standard InChI is InChI=1S/C16H22O6/c1-13(17)16-12-20-9-8-18-6-7-19-10-11-21-14-4-2-3-5-15(14)22-16/h2-5,16H,6-12H2,1H3. The lowest BCUT2D eigenvalue weighted by Gasteiger charge is -2.18. The molecule has 0 fully saturated rings. The van der Waals surface area contributed by atoms with Crippen molar-refractivity contribution in [3.63, 3.8) is 0 Å². The molecule has 1 heterocycles. The van der Waals surface area contributed by atoms with E-state index in [-0.39, 0.29) is 12.4 Å². The van der Waals surface area contributed by atoms with E-state index in [4.69, 9.17) is 23.7 Å². The molecule has 1 aromatic carbocycles. The molecule has 0 amide bonds. The number of carbonyl (C=O) groups is 1. The summed E-state index contributed by atoms with van der Waals surface area (Å²) in [7, 11) is 0. The molecule has 0 radical (unpaired) electrons. The summed E-state index contributed by atoms with van der Waals surface area (Å²) in [6.45, 7) is 4.42. The van der Waals surface area contributed by atoms with Gasteiger partial charge in [-0.15, -0.1) is 0 Å². The molecule has 1 aliphatic rings. The van der Waals surface area contributed by atoms with Crippen LogP contribution in [0.15, 0.2) is 24.3 Å². The third-order valence-electron chi connectivity index (χ3n) is 3.07. The van der Waals surface area contributed by atoms with Crippen LogP contribution in [0.5, 0.6) is 11.5 Å². The number of carbonyl (C=O) groups excluding carboxylic acids is 1. The first-order valence-corrected chi connectivity index (χ1v) is 7.39. The van der Waals surface area contributed by atoms with Gasteiger partial charge in [-0.2, -0.15) is 0 Å². The Labute approximate surface area is 130 Å². The topological polar surface area (TPSA) is 63.2 Å². The second-order valence-electron chi connectivity index (χ2n) is 4.81. The average Bonchev–Trinajstić information content (AvgIpc) is 2.52. The van der Waals surface area contributed by atoms with Crippen molar-refractivity contribution in [3.8, 4) is 11.5 Å². The third-order valence-corrected chi connectivity index (χ3v) is 3.07. The lowest BCUT2D eigenvalue weighted by atomic mass is 10.2. The SMILES string of the molecule is CC(=O)C1COCCOCCOCCOc2ccccc2O1. The quantitative estimate of drug-likeness (QED) is 0.782. The minimum absolute atomic E-state index is 0.0941. The molecular weight excluding hydrogens is 288 g/mol. The lowest BCUT2D eigenvalue weighted by Crippen LogP contribution is -2.31. The normalized spacial score (nSPS) is 21.4. The number of ketones is 1. The second-order valence-corrected chi connectivity index (χ2v) is 4.81. The van der Waals surface area contributed by atoms with E-state index in [0.29, 0.717) is 51.1 Å². The van der Waals surface area contributed by atoms with E-state index in [1.165, 1.54) is 6.92 Å². The van der Waals surface area contributed by atoms with Gasteiger partial charge in [0, 0.05) is 0 Å². The molecule has 1 aromatic rings. The van der Waals surface area contributed by atoms with Crippen LogP contribution in [-0.4, -0.2) is 58.1 Å². The molecule has 0 aliphatic carbocycles. The molecule has 1 unspecified atom stereocenters. The first-order valence-electron chi connectivity index (χ1n) is 7.39. The van der Waals surface area contributed by atoms with Gasteiger partial charge < -0.3 is 23.7 Å². The molecule has 1 atom stereocenters. The third kappa shape index (κ3) is 5.63. The Bertz CT molecular complexity index is 462. The van der Waals surface area contributed by atoms with Crippen LogP contribution in [0.4, 0.5) is 0 Å². The average molecular weight is 310 g/mol. The van der Waals surface area contributed by atoms with Crippen molar-refractivity contribution in [1.82, 2.24) is 0 Å². The summed E-state index contributed by atoms with van der Waals surface area (Å²) in [4.78, 5) is 11.7. The van der Waals surface area contributed by atoms with Gasteiger partial charge in [0.05, 0.1) is 39.6 Å². The van der Waals surface area contributed by atoms with Crippen molar-refractivity contribution in [2.75, 3.05) is 46.2 Å². The molecule has 0 spiro atoms. The predicted molar refractivity (Wildman–Crippen MR) is 79.5 cm³/mol. The number of hydrogen-bond acceptors (Lipinski definition) is 6. The van der Waals surface area contributed by atoms with E-state index in [1.54, 1.807) is 12.1 Å². The van der Waals surface area contributed by atoms with Crippen LogP contribution < -0.4 is 9.47 Å². The first kappa shape index (κ1) is 16.7. The van der Waals surface area contributed by atoms with Crippen LogP contribution in [0.25, 0.3) is 0 Å².